The molecule has 1 aromatic carbocycles. The summed E-state index contributed by atoms with van der Waals surface area (Å²) >= 11 is 0. The number of nitrogens with zero attached hydrogens (tertiary/aromatic N) is 5. The van der Waals surface area contributed by atoms with Crippen molar-refractivity contribution >= 4 is 11.5 Å². The molecular weight excluding hydrogens is 531 g/mol. The van der Waals surface area contributed by atoms with Gasteiger partial charge in [0.2, 0.25) is 0 Å². The van der Waals surface area contributed by atoms with Gasteiger partial charge in [0.05, 0.1) is 36.0 Å². The number of fused-ring (bicyclic) bond motifs is 4. The first-order valence-electron chi connectivity index (χ1n) is 15.9. The van der Waals surface area contributed by atoms with Crippen LogP contribution < -0.4 is 15.4 Å². The minimum atomic E-state index is -0.748. The average Bonchev–Trinajstić information content (AvgIpc) is 3.42. The Labute approximate surface area is 248 Å². The lowest BCUT2D eigenvalue weighted by Gasteiger charge is -2.43. The van der Waals surface area contributed by atoms with Gasteiger partial charge in [0.15, 0.2) is 0 Å². The molecule has 3 saturated heterocycles. The molecule has 1 aromatic heterocycles. The van der Waals surface area contributed by atoms with Crippen LogP contribution in [0.1, 0.15) is 87.1 Å². The molecule has 7 rings (SSSR count). The number of nitriles is 1. The summed E-state index contributed by atoms with van der Waals surface area (Å²) in [6.07, 6.45) is 9.04. The third-order valence-corrected chi connectivity index (χ3v) is 10.9. The lowest BCUT2D eigenvalue weighted by molar-refractivity contribution is -0.0855. The summed E-state index contributed by atoms with van der Waals surface area (Å²) < 4.78 is 27.5. The minimum Gasteiger partial charge on any atom is -0.463 e. The van der Waals surface area contributed by atoms with E-state index in [9.17, 15) is 9.65 Å². The summed E-state index contributed by atoms with van der Waals surface area (Å²) in [6, 6.07) is 9.15. The van der Waals surface area contributed by atoms with Crippen molar-refractivity contribution in [1.29, 1.82) is 5.26 Å². The molecule has 0 saturated carbocycles. The lowest BCUT2D eigenvalue weighted by Crippen LogP contribution is -2.41. The molecular formula is C33H43FN6O2. The molecule has 8 nitrogen and oxygen atoms in total. The van der Waals surface area contributed by atoms with Crippen molar-refractivity contribution in [3.63, 3.8) is 0 Å². The van der Waals surface area contributed by atoms with Crippen molar-refractivity contribution in [3.8, 4) is 12.1 Å². The van der Waals surface area contributed by atoms with Crippen molar-refractivity contribution in [2.75, 3.05) is 43.4 Å². The number of aromatic nitrogens is 2. The van der Waals surface area contributed by atoms with Crippen molar-refractivity contribution < 1.29 is 13.9 Å². The molecule has 2 N–H and O–H groups in total. The standard InChI is InChI=1S/C33H43FN6O2/c1-31(22-35)8-3-13-39(15-11-31)29-26-21-42-33(10-2-5-23-6-7-25(36)17-27(23)33)19-28(26)37-30(38-29)41-16-12-32-9-4-14-40(32)20-24(34)18-32/h6-7,17,24H,2-5,8-16,18-21,36H2,1H3/t24-,31?,32?,33+/m1/s1. The molecule has 42 heavy (non-hydrogen) atoms. The number of ether oxygens (including phenoxy) is 2. The van der Waals surface area contributed by atoms with Crippen molar-refractivity contribution in [3.05, 3.63) is 40.6 Å². The highest BCUT2D eigenvalue weighted by atomic mass is 19.1. The lowest BCUT2D eigenvalue weighted by atomic mass is 9.74. The number of hydrogen-bond acceptors (Lipinski definition) is 8. The zero-order valence-electron chi connectivity index (χ0n) is 24.8. The van der Waals surface area contributed by atoms with Gasteiger partial charge in [-0.05, 0) is 94.5 Å². The number of nitrogens with two attached hydrogens (primary N) is 1. The number of hydrogen-bond donors (Lipinski definition) is 1. The van der Waals surface area contributed by atoms with Gasteiger partial charge in [0.1, 0.15) is 12.0 Å². The molecule has 4 atom stereocenters. The van der Waals surface area contributed by atoms with Crippen LogP contribution in [0.3, 0.4) is 0 Å². The Balaban J connectivity index is 1.20. The SMILES string of the molecule is CC1(C#N)CCCN(c2nc(OCCC34CCCN3C[C@H](F)C4)nc3c2CO[C@@]2(CCCc4ccc(N)cc42)C3)CC1. The van der Waals surface area contributed by atoms with E-state index in [0.29, 0.717) is 38.6 Å². The van der Waals surface area contributed by atoms with Gasteiger partial charge in [0.25, 0.3) is 0 Å². The Morgan fingerprint density at radius 3 is 2.90 bits per heavy atom. The number of rotatable bonds is 5. The van der Waals surface area contributed by atoms with Crippen molar-refractivity contribution in [2.45, 2.75) is 101 Å². The van der Waals surface area contributed by atoms with E-state index in [2.05, 4.69) is 34.9 Å². The highest BCUT2D eigenvalue weighted by molar-refractivity contribution is 5.54. The first-order valence-corrected chi connectivity index (χ1v) is 15.9. The number of benzene rings is 1. The van der Waals surface area contributed by atoms with Crippen LogP contribution >= 0.6 is 0 Å². The second-order valence-electron chi connectivity index (χ2n) is 13.7. The first-order chi connectivity index (χ1) is 20.3. The second-order valence-corrected chi connectivity index (χ2v) is 13.7. The highest BCUT2D eigenvalue weighted by Gasteiger charge is 2.48. The Kier molecular flexibility index (Phi) is 7.05. The molecule has 0 radical (unpaired) electrons. The van der Waals surface area contributed by atoms with Crippen molar-refractivity contribution in [2.24, 2.45) is 5.41 Å². The molecule has 5 aliphatic rings. The summed E-state index contributed by atoms with van der Waals surface area (Å²) in [7, 11) is 0. The van der Waals surface area contributed by atoms with Crippen molar-refractivity contribution in [1.82, 2.24) is 14.9 Å². The molecule has 0 bridgehead atoms. The van der Waals surface area contributed by atoms with E-state index < -0.39 is 11.8 Å². The molecule has 9 heteroatoms. The minimum absolute atomic E-state index is 0.0906. The number of halogens is 1. The van der Waals surface area contributed by atoms with E-state index >= 15 is 0 Å². The Morgan fingerprint density at radius 2 is 2.02 bits per heavy atom. The quantitative estimate of drug-likeness (QED) is 0.485. The number of alkyl halides is 1. The fourth-order valence-electron chi connectivity index (χ4n) is 8.46. The van der Waals surface area contributed by atoms with Gasteiger partial charge in [-0.2, -0.15) is 15.2 Å². The van der Waals surface area contributed by atoms with Crippen LogP contribution in [-0.4, -0.2) is 59.4 Å². The van der Waals surface area contributed by atoms with E-state index in [0.717, 1.165) is 100 Å². The van der Waals surface area contributed by atoms with Crippen LogP contribution in [0, 0.1) is 16.7 Å². The Bertz CT molecular complexity index is 1400. The third-order valence-electron chi connectivity index (χ3n) is 10.9. The number of nitrogen functional groups attached to an aromatic ring is 1. The van der Waals surface area contributed by atoms with E-state index in [-0.39, 0.29) is 11.0 Å². The Morgan fingerprint density at radius 1 is 1.14 bits per heavy atom. The van der Waals surface area contributed by atoms with E-state index in [4.69, 9.17) is 25.2 Å². The summed E-state index contributed by atoms with van der Waals surface area (Å²) in [5.41, 5.74) is 10.6. The fraction of sp³-hybridized carbons (Fsp3) is 0.667. The van der Waals surface area contributed by atoms with E-state index in [1.807, 2.05) is 6.07 Å². The van der Waals surface area contributed by atoms with Crippen LogP contribution in [0.4, 0.5) is 15.9 Å². The molecule has 2 aromatic rings. The first kappa shape index (κ1) is 27.8. The van der Waals surface area contributed by atoms with Gasteiger partial charge >= 0.3 is 6.01 Å². The van der Waals surface area contributed by atoms with Crippen LogP contribution in [-0.2, 0) is 29.8 Å². The van der Waals surface area contributed by atoms with Gasteiger partial charge in [0, 0.05) is 49.3 Å². The molecule has 2 unspecified atom stereocenters. The summed E-state index contributed by atoms with van der Waals surface area (Å²) in [5, 5.41) is 9.81. The fourth-order valence-corrected chi connectivity index (χ4v) is 8.46. The molecule has 1 spiro atoms. The maximum Gasteiger partial charge on any atom is 0.318 e. The van der Waals surface area contributed by atoms with E-state index in [1.54, 1.807) is 0 Å². The van der Waals surface area contributed by atoms with Gasteiger partial charge in [-0.25, -0.2) is 4.39 Å². The monoisotopic (exact) mass is 574 g/mol. The molecule has 0 amide bonds. The predicted octanol–water partition coefficient (Wildman–Crippen LogP) is 5.23. The van der Waals surface area contributed by atoms with Crippen LogP contribution in [0.2, 0.25) is 0 Å². The van der Waals surface area contributed by atoms with Gasteiger partial charge in [-0.15, -0.1) is 0 Å². The molecule has 5 heterocycles. The van der Waals surface area contributed by atoms with E-state index in [1.165, 1.54) is 11.1 Å². The topological polar surface area (TPSA) is 101 Å². The summed E-state index contributed by atoms with van der Waals surface area (Å²) in [6.45, 7) is 6.08. The highest BCUT2D eigenvalue weighted by Crippen LogP contribution is 2.47. The zero-order chi connectivity index (χ0) is 29.0. The largest absolute Gasteiger partial charge is 0.463 e. The Hall–Kier alpha value is -2.96. The summed E-state index contributed by atoms with van der Waals surface area (Å²) in [4.78, 5) is 14.7. The zero-order valence-corrected chi connectivity index (χ0v) is 24.8. The molecule has 224 valence electrons. The predicted molar refractivity (Wildman–Crippen MR) is 159 cm³/mol. The van der Waals surface area contributed by atoms with Crippen LogP contribution in [0.25, 0.3) is 0 Å². The van der Waals surface area contributed by atoms with Crippen LogP contribution in [0.5, 0.6) is 6.01 Å². The maximum absolute atomic E-state index is 14.4. The maximum atomic E-state index is 14.4. The van der Waals surface area contributed by atoms with Gasteiger partial charge in [-0.3, -0.25) is 4.90 Å². The molecule has 1 aliphatic carbocycles. The smallest absolute Gasteiger partial charge is 0.318 e. The second kappa shape index (κ2) is 10.6. The molecule has 3 fully saturated rings. The normalized spacial score (nSPS) is 32.6. The molecule has 4 aliphatic heterocycles. The number of anilines is 2. The van der Waals surface area contributed by atoms with Gasteiger partial charge < -0.3 is 20.1 Å². The van der Waals surface area contributed by atoms with Gasteiger partial charge in [-0.1, -0.05) is 6.07 Å². The average molecular weight is 575 g/mol. The third kappa shape index (κ3) is 4.90. The summed E-state index contributed by atoms with van der Waals surface area (Å²) in [5.74, 6) is 0.876. The number of aryl methyl sites for hydroxylation is 1. The van der Waals surface area contributed by atoms with Crippen LogP contribution in [0.15, 0.2) is 18.2 Å².